The third kappa shape index (κ3) is 3.45. The van der Waals surface area contributed by atoms with Crippen molar-refractivity contribution in [3.05, 3.63) is 34.9 Å². The van der Waals surface area contributed by atoms with E-state index in [1.807, 2.05) is 5.17 Å². The summed E-state index contributed by atoms with van der Waals surface area (Å²) in [4.78, 5) is 0. The normalized spacial score (nSPS) is 35.1. The first-order valence-corrected chi connectivity index (χ1v) is 24.4. The Morgan fingerprint density at radius 2 is 1.96 bits per heavy atom. The maximum absolute atomic E-state index is 7.29. The number of hydrogen-bond acceptors (Lipinski definition) is 0. The summed E-state index contributed by atoms with van der Waals surface area (Å²) in [5, 5.41) is 1.82. The van der Waals surface area contributed by atoms with Crippen molar-refractivity contribution in [3.8, 4) is 0 Å². The summed E-state index contributed by atoms with van der Waals surface area (Å²) in [6.45, 7) is 14.9. The van der Waals surface area contributed by atoms with Crippen LogP contribution >= 0.6 is 17.2 Å². The van der Waals surface area contributed by atoms with Crippen LogP contribution in [0.1, 0.15) is 72.6 Å². The number of rotatable bonds is 5. The van der Waals surface area contributed by atoms with Crippen molar-refractivity contribution >= 4 is 30.7 Å². The fourth-order valence-electron chi connectivity index (χ4n) is 6.51. The van der Waals surface area contributed by atoms with Gasteiger partial charge >= 0.3 is 191 Å². The average molecular weight is 603 g/mol. The summed E-state index contributed by atoms with van der Waals surface area (Å²) < 4.78 is -0.00955. The van der Waals surface area contributed by atoms with Crippen LogP contribution in [0.25, 0.3) is 0 Å². The van der Waals surface area contributed by atoms with Gasteiger partial charge in [0.2, 0.25) is 0 Å². The molecule has 0 radical (unpaired) electrons. The zero-order valence-corrected chi connectivity index (χ0v) is 24.7. The number of allylic oxidation sites excluding steroid dienone is 6. The van der Waals surface area contributed by atoms with Crippen LogP contribution in [0, 0.1) is 17.3 Å². The van der Waals surface area contributed by atoms with Gasteiger partial charge in [-0.15, -0.1) is 0 Å². The molecule has 0 saturated carbocycles. The zero-order valence-electron chi connectivity index (χ0n) is 18.6. The molecule has 0 spiro atoms. The first-order chi connectivity index (χ1) is 13.2. The number of unbranched alkanes of at least 4 members (excludes halogenated alkanes) is 1. The first kappa shape index (κ1) is 23.4. The molecule has 0 aromatic carbocycles. The van der Waals surface area contributed by atoms with Crippen LogP contribution in [0.5, 0.6) is 0 Å². The van der Waals surface area contributed by atoms with E-state index in [4.69, 9.17) is 17.2 Å². The molecule has 0 N–H and O–H groups in total. The summed E-state index contributed by atoms with van der Waals surface area (Å²) in [6.07, 6.45) is 15.6. The predicted octanol–water partition coefficient (Wildman–Crippen LogP) is 8.43. The van der Waals surface area contributed by atoms with Crippen LogP contribution in [0.2, 0.25) is 16.3 Å². The van der Waals surface area contributed by atoms with E-state index < -0.39 is 27.5 Å². The van der Waals surface area contributed by atoms with Crippen molar-refractivity contribution in [1.82, 2.24) is 0 Å². The minimum absolute atomic E-state index is 0.00955. The molecule has 3 aliphatic rings. The molecule has 0 aromatic heterocycles. The van der Waals surface area contributed by atoms with Crippen LogP contribution in [-0.4, -0.2) is 13.6 Å². The van der Waals surface area contributed by atoms with Gasteiger partial charge in [0.15, 0.2) is 0 Å². The maximum atomic E-state index is 7.29. The molecule has 0 amide bonds. The third-order valence-electron chi connectivity index (χ3n) is 7.89. The quantitative estimate of drug-likeness (QED) is 0.277. The summed E-state index contributed by atoms with van der Waals surface area (Å²) in [5.74, 6) is 1.40. The molecule has 0 nitrogen and oxygen atoms in total. The Morgan fingerprint density at radius 1 is 1.25 bits per heavy atom. The second-order valence-electron chi connectivity index (χ2n) is 9.70. The van der Waals surface area contributed by atoms with Crippen LogP contribution in [0.15, 0.2) is 34.9 Å². The van der Waals surface area contributed by atoms with Crippen LogP contribution < -0.4 is 0 Å². The van der Waals surface area contributed by atoms with E-state index in [0.717, 1.165) is 12.3 Å². The minimum atomic E-state index is -2.93. The van der Waals surface area contributed by atoms with Crippen molar-refractivity contribution in [2.75, 3.05) is 0 Å². The molecule has 0 aromatic rings. The summed E-state index contributed by atoms with van der Waals surface area (Å²) >= 11 is -2.93. The SMILES string of the molecule is CCCCC1(C)C(=[Si](C)C)C2=C(CCCC(C)C2C)[C]1(C1=CC=CC1)[Hf]([Cl])[Cl]. The second kappa shape index (κ2) is 9.09. The van der Waals surface area contributed by atoms with Crippen molar-refractivity contribution in [1.29, 1.82) is 0 Å². The van der Waals surface area contributed by atoms with Gasteiger partial charge in [-0.25, -0.2) is 0 Å². The van der Waals surface area contributed by atoms with Crippen molar-refractivity contribution in [3.63, 3.8) is 0 Å². The fourth-order valence-corrected chi connectivity index (χ4v) is 22.3. The van der Waals surface area contributed by atoms with Gasteiger partial charge in [0.05, 0.1) is 0 Å². The first-order valence-electron chi connectivity index (χ1n) is 11.2. The summed E-state index contributed by atoms with van der Waals surface area (Å²) in [6, 6.07) is 0. The van der Waals surface area contributed by atoms with E-state index in [1.54, 1.807) is 16.7 Å². The van der Waals surface area contributed by atoms with E-state index in [9.17, 15) is 0 Å². The van der Waals surface area contributed by atoms with Gasteiger partial charge in [-0.3, -0.25) is 0 Å². The molecule has 0 heterocycles. The molecule has 0 saturated heterocycles. The Balaban J connectivity index is 2.37. The van der Waals surface area contributed by atoms with E-state index >= 15 is 0 Å². The molecule has 0 bridgehead atoms. The van der Waals surface area contributed by atoms with Gasteiger partial charge in [-0.1, -0.05) is 0 Å². The summed E-state index contributed by atoms with van der Waals surface area (Å²) in [5.41, 5.74) is 5.16. The number of hydrogen-bond donors (Lipinski definition) is 0. The second-order valence-corrected chi connectivity index (χ2v) is 24.5. The predicted molar refractivity (Wildman–Crippen MR) is 126 cm³/mol. The monoisotopic (exact) mass is 603 g/mol. The Morgan fingerprint density at radius 3 is 2.50 bits per heavy atom. The van der Waals surface area contributed by atoms with E-state index in [0.29, 0.717) is 5.92 Å². The Kier molecular flexibility index (Phi) is 7.60. The van der Waals surface area contributed by atoms with Crippen molar-refractivity contribution < 1.29 is 19.1 Å². The van der Waals surface area contributed by atoms with E-state index in [2.05, 4.69) is 59.0 Å². The molecule has 3 aliphatic carbocycles. The molecular weight excluding hydrogens is 566 g/mol. The molecule has 0 fully saturated rings. The molecule has 3 rings (SSSR count). The van der Waals surface area contributed by atoms with Gasteiger partial charge in [-0.2, -0.15) is 0 Å². The van der Waals surface area contributed by atoms with E-state index in [-0.39, 0.29) is 8.59 Å². The molecular formula is C24H37Cl2HfSi. The molecule has 4 heteroatoms. The Labute approximate surface area is 189 Å². The van der Waals surface area contributed by atoms with Crippen LogP contribution in [0.4, 0.5) is 0 Å². The van der Waals surface area contributed by atoms with Gasteiger partial charge in [0.1, 0.15) is 0 Å². The fraction of sp³-hybridized carbons (Fsp3) is 0.708. The number of halogens is 2. The van der Waals surface area contributed by atoms with Crippen LogP contribution in [-0.2, 0) is 19.1 Å². The van der Waals surface area contributed by atoms with Gasteiger partial charge in [-0.05, 0) is 0 Å². The Bertz CT molecular complexity index is 744. The van der Waals surface area contributed by atoms with Crippen LogP contribution in [0.3, 0.4) is 0 Å². The molecule has 4 atom stereocenters. The van der Waals surface area contributed by atoms with Gasteiger partial charge in [0, 0.05) is 0 Å². The Hall–Kier alpha value is 0.757. The third-order valence-corrected chi connectivity index (χ3v) is 20.6. The van der Waals surface area contributed by atoms with Crippen molar-refractivity contribution in [2.24, 2.45) is 17.3 Å². The summed E-state index contributed by atoms with van der Waals surface area (Å²) in [7, 11) is 14.0. The molecule has 4 unspecified atom stereocenters. The molecule has 155 valence electrons. The van der Waals surface area contributed by atoms with Crippen molar-refractivity contribution in [2.45, 2.75) is 88.9 Å². The standard InChI is InChI=1S/C24H37Si.2ClH.Hf/c1-7-8-16-24(4)22(19-13-9-10-14-19)20-15-11-12-17(2)18(3)21(20)23(24)25(5)6;;;/h9-10,13,17-18H,7-8,11-12,14-16H2,1-6H3;2*1H;/q;;;+2/p-2. The van der Waals surface area contributed by atoms with Gasteiger partial charge in [0.25, 0.3) is 0 Å². The van der Waals surface area contributed by atoms with Gasteiger partial charge < -0.3 is 0 Å². The zero-order chi connectivity index (χ0) is 20.7. The molecule has 0 aliphatic heterocycles. The van der Waals surface area contributed by atoms with E-state index in [1.165, 1.54) is 38.5 Å². The topological polar surface area (TPSA) is 0 Å². The molecule has 28 heavy (non-hydrogen) atoms. The average Bonchev–Trinajstić information content (AvgIpc) is 3.19.